The SMILES string of the molecule is Cc1c(S(=O)(=O)NCc2ccc(F)cc2)cc(-c2nc(-c3ccccc3)cs2)n1C. The van der Waals surface area contributed by atoms with Gasteiger partial charge in [0.25, 0.3) is 0 Å². The molecule has 0 fully saturated rings. The molecule has 30 heavy (non-hydrogen) atoms. The lowest BCUT2D eigenvalue weighted by atomic mass is 10.2. The fourth-order valence-electron chi connectivity index (χ4n) is 3.14. The third-order valence-corrected chi connectivity index (χ3v) is 7.33. The summed E-state index contributed by atoms with van der Waals surface area (Å²) >= 11 is 1.47. The zero-order valence-electron chi connectivity index (χ0n) is 16.5. The molecule has 0 radical (unpaired) electrons. The Morgan fingerprint density at radius 2 is 1.80 bits per heavy atom. The first-order valence-electron chi connectivity index (χ1n) is 9.27. The summed E-state index contributed by atoms with van der Waals surface area (Å²) < 4.78 is 43.3. The van der Waals surface area contributed by atoms with Crippen LogP contribution in [-0.4, -0.2) is 18.0 Å². The predicted octanol–water partition coefficient (Wildman–Crippen LogP) is 4.74. The lowest BCUT2D eigenvalue weighted by molar-refractivity contribution is 0.580. The van der Waals surface area contributed by atoms with Crippen molar-refractivity contribution in [3.8, 4) is 22.0 Å². The minimum atomic E-state index is -3.74. The van der Waals surface area contributed by atoms with Gasteiger partial charge in [-0.15, -0.1) is 11.3 Å². The minimum absolute atomic E-state index is 0.0850. The van der Waals surface area contributed by atoms with E-state index in [1.54, 1.807) is 25.1 Å². The number of halogens is 1. The highest BCUT2D eigenvalue weighted by atomic mass is 32.2. The molecule has 0 spiro atoms. The first-order chi connectivity index (χ1) is 14.3. The number of aromatic nitrogens is 2. The van der Waals surface area contributed by atoms with Gasteiger partial charge < -0.3 is 4.57 Å². The number of thiazole rings is 1. The highest BCUT2D eigenvalue weighted by Crippen LogP contribution is 2.32. The Bertz CT molecular complexity index is 1280. The Hall–Kier alpha value is -2.81. The van der Waals surface area contributed by atoms with Gasteiger partial charge in [0, 0.05) is 30.2 Å². The van der Waals surface area contributed by atoms with Gasteiger partial charge in [0.15, 0.2) is 0 Å². The van der Waals surface area contributed by atoms with Gasteiger partial charge in [0.05, 0.1) is 11.4 Å². The van der Waals surface area contributed by atoms with Crippen LogP contribution in [0.1, 0.15) is 11.3 Å². The Kier molecular flexibility index (Phi) is 5.55. The van der Waals surface area contributed by atoms with Crippen LogP contribution in [0.15, 0.2) is 70.9 Å². The second-order valence-electron chi connectivity index (χ2n) is 6.89. The molecule has 0 amide bonds. The number of hydrogen-bond donors (Lipinski definition) is 1. The van der Waals surface area contributed by atoms with Gasteiger partial charge >= 0.3 is 0 Å². The highest BCUT2D eigenvalue weighted by Gasteiger charge is 2.23. The summed E-state index contributed by atoms with van der Waals surface area (Å²) in [6.07, 6.45) is 0. The molecule has 2 aromatic carbocycles. The number of rotatable bonds is 6. The third kappa shape index (κ3) is 4.07. The van der Waals surface area contributed by atoms with Crippen LogP contribution in [0.4, 0.5) is 4.39 Å². The van der Waals surface area contributed by atoms with E-state index in [1.165, 1.54) is 23.5 Å². The third-order valence-electron chi connectivity index (χ3n) is 4.95. The average molecular weight is 442 g/mol. The maximum atomic E-state index is 13.1. The largest absolute Gasteiger partial charge is 0.345 e. The Morgan fingerprint density at radius 3 is 2.50 bits per heavy atom. The molecule has 0 atom stereocenters. The number of benzene rings is 2. The maximum Gasteiger partial charge on any atom is 0.242 e. The molecule has 0 aliphatic carbocycles. The summed E-state index contributed by atoms with van der Waals surface area (Å²) in [7, 11) is -1.92. The zero-order chi connectivity index (χ0) is 21.3. The normalized spacial score (nSPS) is 11.7. The van der Waals surface area contributed by atoms with Gasteiger partial charge in [-0.3, -0.25) is 0 Å². The molecule has 0 bridgehead atoms. The highest BCUT2D eigenvalue weighted by molar-refractivity contribution is 7.89. The molecule has 0 saturated heterocycles. The molecule has 2 aromatic heterocycles. The van der Waals surface area contributed by atoms with E-state index in [0.717, 1.165) is 22.0 Å². The van der Waals surface area contributed by atoms with Crippen molar-refractivity contribution < 1.29 is 12.8 Å². The van der Waals surface area contributed by atoms with Gasteiger partial charge in [-0.1, -0.05) is 42.5 Å². The second-order valence-corrected chi connectivity index (χ2v) is 9.49. The van der Waals surface area contributed by atoms with E-state index < -0.39 is 10.0 Å². The maximum absolute atomic E-state index is 13.1. The summed E-state index contributed by atoms with van der Waals surface area (Å²) in [6, 6.07) is 17.2. The number of nitrogens with one attached hydrogen (secondary N) is 1. The molecule has 154 valence electrons. The van der Waals surface area contributed by atoms with Crippen molar-refractivity contribution in [2.24, 2.45) is 7.05 Å². The summed E-state index contributed by atoms with van der Waals surface area (Å²) in [6.45, 7) is 1.85. The van der Waals surface area contributed by atoms with Crippen LogP contribution in [0.5, 0.6) is 0 Å². The van der Waals surface area contributed by atoms with Crippen molar-refractivity contribution >= 4 is 21.4 Å². The monoisotopic (exact) mass is 441 g/mol. The molecule has 4 aromatic rings. The van der Waals surface area contributed by atoms with Gasteiger partial charge in [-0.05, 0) is 30.7 Å². The van der Waals surface area contributed by atoms with Crippen molar-refractivity contribution in [1.29, 1.82) is 0 Å². The van der Waals surface area contributed by atoms with Crippen molar-refractivity contribution in [2.75, 3.05) is 0 Å². The van der Waals surface area contributed by atoms with Crippen LogP contribution in [-0.2, 0) is 23.6 Å². The van der Waals surface area contributed by atoms with E-state index in [0.29, 0.717) is 11.3 Å². The summed E-state index contributed by atoms with van der Waals surface area (Å²) in [5.41, 5.74) is 3.91. The Labute approximate surface area is 178 Å². The number of hydrogen-bond acceptors (Lipinski definition) is 4. The number of sulfonamides is 1. The van der Waals surface area contributed by atoms with Gasteiger partial charge in [-0.25, -0.2) is 22.5 Å². The summed E-state index contributed by atoms with van der Waals surface area (Å²) in [5, 5.41) is 2.72. The van der Waals surface area contributed by atoms with Crippen LogP contribution < -0.4 is 4.72 Å². The second kappa shape index (κ2) is 8.14. The van der Waals surface area contributed by atoms with Gasteiger partial charge in [0.2, 0.25) is 10.0 Å². The molecule has 0 aliphatic heterocycles. The standard InChI is InChI=1S/C22H20FN3O2S2/c1-15-21(30(27,28)24-13-16-8-10-18(23)11-9-16)12-20(26(15)2)22-25-19(14-29-22)17-6-4-3-5-7-17/h3-12,14,24H,13H2,1-2H3. The van der Waals surface area contributed by atoms with Crippen LogP contribution in [0.2, 0.25) is 0 Å². The molecule has 1 N–H and O–H groups in total. The fourth-order valence-corrected chi connectivity index (χ4v) is 5.32. The van der Waals surface area contributed by atoms with Crippen molar-refractivity contribution in [3.05, 3.63) is 83.1 Å². The minimum Gasteiger partial charge on any atom is -0.345 e. The van der Waals surface area contributed by atoms with E-state index in [2.05, 4.69) is 4.72 Å². The molecular formula is C22H20FN3O2S2. The first-order valence-corrected chi connectivity index (χ1v) is 11.6. The van der Waals surface area contributed by atoms with Crippen molar-refractivity contribution in [1.82, 2.24) is 14.3 Å². The lowest BCUT2D eigenvalue weighted by Crippen LogP contribution is -2.23. The Morgan fingerprint density at radius 1 is 1.10 bits per heavy atom. The zero-order valence-corrected chi connectivity index (χ0v) is 18.1. The molecule has 4 rings (SSSR count). The van der Waals surface area contributed by atoms with Crippen molar-refractivity contribution in [3.63, 3.8) is 0 Å². The summed E-state index contributed by atoms with van der Waals surface area (Å²) in [5.74, 6) is -0.358. The van der Waals surface area contributed by atoms with Crippen LogP contribution in [0.25, 0.3) is 22.0 Å². The molecule has 0 unspecified atom stereocenters. The van der Waals surface area contributed by atoms with Crippen LogP contribution >= 0.6 is 11.3 Å². The van der Waals surface area contributed by atoms with Gasteiger partial charge in [-0.2, -0.15) is 0 Å². The number of nitrogens with zero attached hydrogens (tertiary/aromatic N) is 2. The van der Waals surface area contributed by atoms with Crippen LogP contribution in [0.3, 0.4) is 0 Å². The molecule has 2 heterocycles. The van der Waals surface area contributed by atoms with Crippen molar-refractivity contribution in [2.45, 2.75) is 18.4 Å². The molecule has 0 aliphatic rings. The van der Waals surface area contributed by atoms with E-state index in [1.807, 2.05) is 47.3 Å². The first kappa shape index (κ1) is 20.5. The van der Waals surface area contributed by atoms with E-state index in [4.69, 9.17) is 4.98 Å². The lowest BCUT2D eigenvalue weighted by Gasteiger charge is -2.07. The van der Waals surface area contributed by atoms with E-state index >= 15 is 0 Å². The molecular weight excluding hydrogens is 421 g/mol. The Balaban J connectivity index is 1.61. The summed E-state index contributed by atoms with van der Waals surface area (Å²) in [4.78, 5) is 4.90. The molecule has 5 nitrogen and oxygen atoms in total. The average Bonchev–Trinajstić information content (AvgIpc) is 3.34. The predicted molar refractivity (Wildman–Crippen MR) is 117 cm³/mol. The topological polar surface area (TPSA) is 64.0 Å². The molecule has 0 saturated carbocycles. The van der Waals surface area contributed by atoms with E-state index in [-0.39, 0.29) is 17.3 Å². The van der Waals surface area contributed by atoms with E-state index in [9.17, 15) is 12.8 Å². The smallest absolute Gasteiger partial charge is 0.242 e. The van der Waals surface area contributed by atoms with Crippen LogP contribution in [0, 0.1) is 12.7 Å². The fraction of sp³-hybridized carbons (Fsp3) is 0.136. The van der Waals surface area contributed by atoms with Gasteiger partial charge in [0.1, 0.15) is 15.7 Å². The quantitative estimate of drug-likeness (QED) is 0.470. The molecule has 8 heteroatoms.